The van der Waals surface area contributed by atoms with E-state index in [1.807, 2.05) is 36.2 Å². The minimum absolute atomic E-state index is 0.0294. The lowest BCUT2D eigenvalue weighted by molar-refractivity contribution is -0.122. The molecule has 0 spiro atoms. The van der Waals surface area contributed by atoms with Crippen LogP contribution in [-0.2, 0) is 4.79 Å². The molecule has 23 heavy (non-hydrogen) atoms. The predicted molar refractivity (Wildman–Crippen MR) is 89.5 cm³/mol. The first-order chi connectivity index (χ1) is 11.1. The minimum atomic E-state index is -0.0636. The maximum Gasteiger partial charge on any atom is 0.234 e. The zero-order valence-electron chi connectivity index (χ0n) is 13.8. The van der Waals surface area contributed by atoms with E-state index in [9.17, 15) is 4.79 Å². The number of para-hydroxylation sites is 2. The number of ether oxygens (including phenoxy) is 1. The molecule has 0 radical (unpaired) electrons. The summed E-state index contributed by atoms with van der Waals surface area (Å²) in [7, 11) is 1.91. The van der Waals surface area contributed by atoms with Crippen molar-refractivity contribution < 1.29 is 9.53 Å². The molecule has 1 N–H and O–H groups in total. The average molecular weight is 316 g/mol. The molecule has 0 bridgehead atoms. The Balaban J connectivity index is 1.86. The Morgan fingerprint density at radius 1 is 1.52 bits per heavy atom. The lowest BCUT2D eigenvalue weighted by atomic mass is 10.2. The smallest absolute Gasteiger partial charge is 0.234 e. The Kier molecular flexibility index (Phi) is 6.24. The van der Waals surface area contributed by atoms with Crippen molar-refractivity contribution in [2.75, 3.05) is 44.7 Å². The predicted octanol–water partition coefficient (Wildman–Crippen LogP) is 1.24. The number of benzene rings is 1. The van der Waals surface area contributed by atoms with Gasteiger partial charge in [0, 0.05) is 19.6 Å². The van der Waals surface area contributed by atoms with Gasteiger partial charge in [0.1, 0.15) is 11.9 Å². The standard InChI is InChI=1S/C17H24N4O2/c1-3-21-12-14(23-16-8-5-4-7-15(16)21)11-20(2)13-17(22)19-10-6-9-18/h4-5,7-8,14H,3,6,10-13H2,1-2H3,(H,19,22). The van der Waals surface area contributed by atoms with Crippen LogP contribution in [0.3, 0.4) is 0 Å². The Hall–Kier alpha value is -2.26. The van der Waals surface area contributed by atoms with Crippen molar-refractivity contribution in [2.24, 2.45) is 0 Å². The third-order valence-electron chi connectivity index (χ3n) is 3.79. The first kappa shape index (κ1) is 17.1. The van der Waals surface area contributed by atoms with Crippen molar-refractivity contribution in [2.45, 2.75) is 19.4 Å². The summed E-state index contributed by atoms with van der Waals surface area (Å²) in [6, 6.07) is 10.1. The third-order valence-corrected chi connectivity index (χ3v) is 3.79. The monoisotopic (exact) mass is 316 g/mol. The summed E-state index contributed by atoms with van der Waals surface area (Å²) >= 11 is 0. The van der Waals surface area contributed by atoms with Gasteiger partial charge in [0.05, 0.1) is 31.3 Å². The first-order valence-corrected chi connectivity index (χ1v) is 7.96. The van der Waals surface area contributed by atoms with Crippen molar-refractivity contribution in [1.29, 1.82) is 5.26 Å². The average Bonchev–Trinajstić information content (AvgIpc) is 2.54. The van der Waals surface area contributed by atoms with Gasteiger partial charge in [-0.2, -0.15) is 5.26 Å². The largest absolute Gasteiger partial charge is 0.485 e. The SMILES string of the molecule is CCN1CC(CN(C)CC(=O)NCCC#N)Oc2ccccc21. The van der Waals surface area contributed by atoms with E-state index in [0.717, 1.165) is 24.5 Å². The number of hydrogen-bond donors (Lipinski definition) is 1. The maximum absolute atomic E-state index is 11.8. The van der Waals surface area contributed by atoms with Crippen molar-refractivity contribution in [3.05, 3.63) is 24.3 Å². The number of anilines is 1. The molecule has 1 aromatic carbocycles. The van der Waals surface area contributed by atoms with Gasteiger partial charge in [0.25, 0.3) is 0 Å². The van der Waals surface area contributed by atoms with Gasteiger partial charge in [0.15, 0.2) is 0 Å². The quantitative estimate of drug-likeness (QED) is 0.767. The van der Waals surface area contributed by atoms with E-state index < -0.39 is 0 Å². The van der Waals surface area contributed by atoms with Gasteiger partial charge < -0.3 is 15.0 Å². The van der Waals surface area contributed by atoms with Crippen molar-refractivity contribution in [3.63, 3.8) is 0 Å². The highest BCUT2D eigenvalue weighted by Crippen LogP contribution is 2.32. The van der Waals surface area contributed by atoms with Crippen LogP contribution in [0.5, 0.6) is 5.75 Å². The van der Waals surface area contributed by atoms with Crippen LogP contribution in [0.25, 0.3) is 0 Å². The van der Waals surface area contributed by atoms with Gasteiger partial charge in [0.2, 0.25) is 5.91 Å². The molecular formula is C17H24N4O2. The van der Waals surface area contributed by atoms with Crippen LogP contribution in [0.1, 0.15) is 13.3 Å². The highest BCUT2D eigenvalue weighted by molar-refractivity contribution is 5.77. The second kappa shape index (κ2) is 8.39. The molecule has 0 fully saturated rings. The van der Waals surface area contributed by atoms with Crippen molar-refractivity contribution in [3.8, 4) is 11.8 Å². The van der Waals surface area contributed by atoms with E-state index in [4.69, 9.17) is 10.00 Å². The molecule has 1 aromatic rings. The van der Waals surface area contributed by atoms with E-state index in [0.29, 0.717) is 26.1 Å². The number of nitrogens with zero attached hydrogens (tertiary/aromatic N) is 3. The summed E-state index contributed by atoms with van der Waals surface area (Å²) in [5, 5.41) is 11.2. The molecule has 1 amide bonds. The topological polar surface area (TPSA) is 68.6 Å². The molecule has 1 unspecified atom stereocenters. The summed E-state index contributed by atoms with van der Waals surface area (Å²) in [5.74, 6) is 0.837. The van der Waals surface area contributed by atoms with Gasteiger partial charge in [-0.15, -0.1) is 0 Å². The van der Waals surface area contributed by atoms with Gasteiger partial charge >= 0.3 is 0 Å². The number of hydrogen-bond acceptors (Lipinski definition) is 5. The Morgan fingerprint density at radius 2 is 2.30 bits per heavy atom. The van der Waals surface area contributed by atoms with E-state index in [1.54, 1.807) is 0 Å². The van der Waals surface area contributed by atoms with Crippen LogP contribution in [-0.4, -0.2) is 56.7 Å². The van der Waals surface area contributed by atoms with E-state index in [2.05, 4.69) is 23.2 Å². The molecule has 2 rings (SSSR count). The normalized spacial score (nSPS) is 16.4. The third kappa shape index (κ3) is 4.86. The van der Waals surface area contributed by atoms with Crippen LogP contribution < -0.4 is 15.0 Å². The number of fused-ring (bicyclic) bond motifs is 1. The molecule has 1 aliphatic heterocycles. The summed E-state index contributed by atoms with van der Waals surface area (Å²) < 4.78 is 6.06. The molecule has 0 aromatic heterocycles. The Labute approximate surface area is 137 Å². The maximum atomic E-state index is 11.8. The molecule has 0 saturated carbocycles. The molecule has 6 heteroatoms. The Bertz CT molecular complexity index is 570. The van der Waals surface area contributed by atoms with Gasteiger partial charge in [-0.1, -0.05) is 12.1 Å². The van der Waals surface area contributed by atoms with Crippen molar-refractivity contribution in [1.82, 2.24) is 10.2 Å². The molecule has 124 valence electrons. The summed E-state index contributed by atoms with van der Waals surface area (Å²) in [5.41, 5.74) is 1.13. The van der Waals surface area contributed by atoms with Crippen LogP contribution in [0.2, 0.25) is 0 Å². The molecule has 6 nitrogen and oxygen atoms in total. The number of carbonyl (C=O) groups excluding carboxylic acids is 1. The first-order valence-electron chi connectivity index (χ1n) is 7.96. The van der Waals surface area contributed by atoms with Crippen LogP contribution in [0, 0.1) is 11.3 Å². The number of amides is 1. The van der Waals surface area contributed by atoms with Gasteiger partial charge in [-0.25, -0.2) is 0 Å². The van der Waals surface area contributed by atoms with E-state index >= 15 is 0 Å². The van der Waals surface area contributed by atoms with Crippen molar-refractivity contribution >= 4 is 11.6 Å². The second-order valence-corrected chi connectivity index (χ2v) is 5.70. The number of likely N-dealkylation sites (N-methyl/N-ethyl adjacent to an activating group) is 2. The number of nitriles is 1. The number of nitrogens with one attached hydrogen (secondary N) is 1. The fraction of sp³-hybridized carbons (Fsp3) is 0.529. The lowest BCUT2D eigenvalue weighted by Gasteiger charge is -2.37. The molecule has 1 atom stereocenters. The number of carbonyl (C=O) groups is 1. The van der Waals surface area contributed by atoms with Gasteiger partial charge in [-0.3, -0.25) is 9.69 Å². The Morgan fingerprint density at radius 3 is 3.04 bits per heavy atom. The summed E-state index contributed by atoms with van der Waals surface area (Å²) in [6.45, 7) is 5.25. The van der Waals surface area contributed by atoms with Crippen LogP contribution in [0.15, 0.2) is 24.3 Å². The number of rotatable bonds is 7. The molecule has 0 aliphatic carbocycles. The minimum Gasteiger partial charge on any atom is -0.485 e. The van der Waals surface area contributed by atoms with Crippen LogP contribution >= 0.6 is 0 Å². The highest BCUT2D eigenvalue weighted by atomic mass is 16.5. The zero-order chi connectivity index (χ0) is 16.7. The zero-order valence-corrected chi connectivity index (χ0v) is 13.8. The van der Waals surface area contributed by atoms with E-state index in [-0.39, 0.29) is 12.0 Å². The molecule has 1 aliphatic rings. The van der Waals surface area contributed by atoms with E-state index in [1.165, 1.54) is 0 Å². The lowest BCUT2D eigenvalue weighted by Crippen LogP contribution is -2.47. The fourth-order valence-corrected chi connectivity index (χ4v) is 2.74. The van der Waals surface area contributed by atoms with Crippen LogP contribution in [0.4, 0.5) is 5.69 Å². The molecule has 0 saturated heterocycles. The molecular weight excluding hydrogens is 292 g/mol. The summed E-state index contributed by atoms with van der Waals surface area (Å²) in [6.07, 6.45) is 0.366. The second-order valence-electron chi connectivity index (χ2n) is 5.70. The highest BCUT2D eigenvalue weighted by Gasteiger charge is 2.25. The molecule has 1 heterocycles. The summed E-state index contributed by atoms with van der Waals surface area (Å²) in [4.78, 5) is 16.0. The fourth-order valence-electron chi connectivity index (χ4n) is 2.74. The van der Waals surface area contributed by atoms with Gasteiger partial charge in [-0.05, 0) is 26.1 Å².